The van der Waals surface area contributed by atoms with Crippen molar-refractivity contribution >= 4 is 33.2 Å². The lowest BCUT2D eigenvalue weighted by molar-refractivity contribution is -0.144. The van der Waals surface area contributed by atoms with E-state index >= 15 is 0 Å². The Morgan fingerprint density at radius 2 is 1.72 bits per heavy atom. The molecule has 8 nitrogen and oxygen atoms in total. The fourth-order valence-electron chi connectivity index (χ4n) is 5.13. The third-order valence-electron chi connectivity index (χ3n) is 7.03. The number of fused-ring (bicyclic) bond motifs is 1. The van der Waals surface area contributed by atoms with Gasteiger partial charge in [-0.05, 0) is 54.3 Å². The minimum absolute atomic E-state index is 0.0156. The maximum absolute atomic E-state index is 13.6. The number of halogens is 1. The first-order valence-electron chi connectivity index (χ1n) is 12.9. The highest BCUT2D eigenvalue weighted by Crippen LogP contribution is 2.32. The number of nitrogens with zero attached hydrogens (tertiary/aromatic N) is 1. The van der Waals surface area contributed by atoms with Crippen molar-refractivity contribution in [2.24, 2.45) is 0 Å². The minimum atomic E-state index is -3.96. The Morgan fingerprint density at radius 3 is 2.46 bits per heavy atom. The lowest BCUT2D eigenvalue weighted by Crippen LogP contribution is -2.57. The predicted molar refractivity (Wildman–Crippen MR) is 149 cm³/mol. The van der Waals surface area contributed by atoms with Gasteiger partial charge in [-0.3, -0.25) is 4.79 Å². The van der Waals surface area contributed by atoms with Crippen molar-refractivity contribution in [1.29, 1.82) is 0 Å². The average Bonchev–Trinajstić information content (AvgIpc) is 2.92. The molecule has 0 unspecified atom stereocenters. The van der Waals surface area contributed by atoms with Crippen LogP contribution in [0, 0.1) is 0 Å². The van der Waals surface area contributed by atoms with Gasteiger partial charge in [-0.25, -0.2) is 8.42 Å². The van der Waals surface area contributed by atoms with Crippen LogP contribution in [0.25, 0.3) is 11.1 Å². The van der Waals surface area contributed by atoms with E-state index in [0.717, 1.165) is 11.1 Å². The van der Waals surface area contributed by atoms with Gasteiger partial charge in [0.15, 0.2) is 0 Å². The zero-order valence-corrected chi connectivity index (χ0v) is 22.9. The second kappa shape index (κ2) is 12.2. The molecule has 2 fully saturated rings. The SMILES string of the molecule is O=C(C[C@H]1CC[C@@H]2[C@H](COC[C@@H](O)CN2S(=O)(=O)c2cccc(Cl)c2)O1)Nc1ccc(-c2ccccc2)cc1. The number of amides is 1. The number of benzene rings is 3. The number of aliphatic hydroxyl groups is 1. The molecule has 3 aromatic rings. The summed E-state index contributed by atoms with van der Waals surface area (Å²) in [6.07, 6.45) is -0.866. The zero-order valence-electron chi connectivity index (χ0n) is 21.3. The van der Waals surface area contributed by atoms with Crippen molar-refractivity contribution < 1.29 is 27.8 Å². The first-order valence-corrected chi connectivity index (χ1v) is 14.8. The van der Waals surface area contributed by atoms with E-state index in [2.05, 4.69) is 5.32 Å². The molecule has 0 aromatic heterocycles. The second-order valence-corrected chi connectivity index (χ2v) is 12.2. The van der Waals surface area contributed by atoms with Gasteiger partial charge in [0.1, 0.15) is 0 Å². The van der Waals surface area contributed by atoms with Crippen LogP contribution in [0.2, 0.25) is 5.02 Å². The normalized spacial score (nSPS) is 24.3. The van der Waals surface area contributed by atoms with E-state index in [1.54, 1.807) is 12.1 Å². The Kier molecular flexibility index (Phi) is 8.66. The van der Waals surface area contributed by atoms with Gasteiger partial charge in [-0.1, -0.05) is 60.1 Å². The predicted octanol–water partition coefficient (Wildman–Crippen LogP) is 4.33. The fraction of sp³-hybridized carbons (Fsp3) is 0.345. The van der Waals surface area contributed by atoms with Crippen LogP contribution in [0.5, 0.6) is 0 Å². The molecule has 2 N–H and O–H groups in total. The maximum Gasteiger partial charge on any atom is 0.243 e. The molecule has 5 rings (SSSR count). The molecule has 0 spiro atoms. The number of aliphatic hydroxyl groups excluding tert-OH is 1. The van der Waals surface area contributed by atoms with Crippen LogP contribution in [0.3, 0.4) is 0 Å². The van der Waals surface area contributed by atoms with E-state index in [9.17, 15) is 18.3 Å². The standard InChI is InChI=1S/C29H31ClN2O6S/c30-22-7-4-8-26(15-22)39(35,36)32-17-24(33)18-37-19-28-27(32)14-13-25(38-28)16-29(34)31-23-11-9-21(10-12-23)20-5-2-1-3-6-20/h1-12,15,24-25,27-28,33H,13-14,16-19H2,(H,31,34)/t24-,25+,27+,28-/m0/s1. The Morgan fingerprint density at radius 1 is 0.974 bits per heavy atom. The fourth-order valence-corrected chi connectivity index (χ4v) is 7.15. The largest absolute Gasteiger partial charge is 0.389 e. The maximum atomic E-state index is 13.6. The van der Waals surface area contributed by atoms with Gasteiger partial charge in [-0.2, -0.15) is 4.31 Å². The van der Waals surface area contributed by atoms with E-state index in [1.807, 2.05) is 54.6 Å². The molecule has 2 aliphatic rings. The summed E-state index contributed by atoms with van der Waals surface area (Å²) in [7, 11) is -3.96. The van der Waals surface area contributed by atoms with Gasteiger partial charge < -0.3 is 19.9 Å². The third kappa shape index (κ3) is 6.69. The van der Waals surface area contributed by atoms with Gasteiger partial charge in [0.25, 0.3) is 0 Å². The van der Waals surface area contributed by atoms with Crippen molar-refractivity contribution in [3.8, 4) is 11.1 Å². The monoisotopic (exact) mass is 570 g/mol. The molecule has 2 heterocycles. The number of nitrogens with one attached hydrogen (secondary N) is 1. The number of hydrogen-bond donors (Lipinski definition) is 2. The van der Waals surface area contributed by atoms with E-state index in [1.165, 1.54) is 16.4 Å². The van der Waals surface area contributed by atoms with Crippen LogP contribution < -0.4 is 5.32 Å². The molecule has 3 aromatic carbocycles. The molecule has 10 heteroatoms. The van der Waals surface area contributed by atoms with Crippen molar-refractivity contribution in [3.63, 3.8) is 0 Å². The zero-order chi connectivity index (χ0) is 27.4. The Hall–Kier alpha value is -2.79. The lowest BCUT2D eigenvalue weighted by atomic mass is 9.96. The summed E-state index contributed by atoms with van der Waals surface area (Å²) in [4.78, 5) is 12.9. The topological polar surface area (TPSA) is 105 Å². The summed E-state index contributed by atoms with van der Waals surface area (Å²) in [5.74, 6) is -0.184. The van der Waals surface area contributed by atoms with E-state index < -0.39 is 34.4 Å². The molecular weight excluding hydrogens is 540 g/mol. The van der Waals surface area contributed by atoms with Crippen LogP contribution in [0.1, 0.15) is 19.3 Å². The summed E-state index contributed by atoms with van der Waals surface area (Å²) in [5.41, 5.74) is 2.85. The lowest BCUT2D eigenvalue weighted by Gasteiger charge is -2.43. The second-order valence-electron chi connectivity index (χ2n) is 9.86. The molecule has 1 amide bonds. The van der Waals surface area contributed by atoms with Crippen molar-refractivity contribution in [3.05, 3.63) is 83.9 Å². The van der Waals surface area contributed by atoms with Gasteiger partial charge in [0.2, 0.25) is 15.9 Å². The average molecular weight is 571 g/mol. The molecule has 0 aliphatic carbocycles. The Labute approximate surface area is 233 Å². The van der Waals surface area contributed by atoms with Crippen LogP contribution >= 0.6 is 11.6 Å². The Balaban J connectivity index is 1.24. The number of anilines is 1. The summed E-state index contributed by atoms with van der Waals surface area (Å²) < 4.78 is 40.3. The van der Waals surface area contributed by atoms with Crippen LogP contribution in [-0.2, 0) is 24.3 Å². The highest BCUT2D eigenvalue weighted by atomic mass is 35.5. The molecule has 0 radical (unpaired) electrons. The number of rotatable bonds is 6. The molecule has 0 bridgehead atoms. The van der Waals surface area contributed by atoms with Gasteiger partial charge in [0.05, 0.1) is 48.9 Å². The smallest absolute Gasteiger partial charge is 0.243 e. The van der Waals surface area contributed by atoms with E-state index in [4.69, 9.17) is 21.1 Å². The molecule has 206 valence electrons. The van der Waals surface area contributed by atoms with Crippen molar-refractivity contribution in [2.75, 3.05) is 25.1 Å². The highest BCUT2D eigenvalue weighted by Gasteiger charge is 2.43. The quantitative estimate of drug-likeness (QED) is 0.457. The third-order valence-corrected chi connectivity index (χ3v) is 9.15. The van der Waals surface area contributed by atoms with Gasteiger partial charge >= 0.3 is 0 Å². The van der Waals surface area contributed by atoms with Crippen LogP contribution in [0.15, 0.2) is 83.8 Å². The molecule has 39 heavy (non-hydrogen) atoms. The number of ether oxygens (including phenoxy) is 2. The van der Waals surface area contributed by atoms with Crippen LogP contribution in [0.4, 0.5) is 5.69 Å². The molecule has 4 atom stereocenters. The summed E-state index contributed by atoms with van der Waals surface area (Å²) in [6.45, 7) is -0.0237. The number of β-amino-alcohol motifs (C(OH)–C–C–N with tert-alkyl or cyclic N) is 1. The molecule has 2 saturated heterocycles. The van der Waals surface area contributed by atoms with Crippen molar-refractivity contribution in [2.45, 2.75) is 48.5 Å². The highest BCUT2D eigenvalue weighted by molar-refractivity contribution is 7.89. The number of carbonyl (C=O) groups excluding carboxylic acids is 1. The first kappa shape index (κ1) is 27.8. The summed E-state index contributed by atoms with van der Waals surface area (Å²) in [6, 6.07) is 23.2. The summed E-state index contributed by atoms with van der Waals surface area (Å²) >= 11 is 6.06. The Bertz CT molecular complexity index is 1390. The van der Waals surface area contributed by atoms with E-state index in [-0.39, 0.29) is 37.0 Å². The number of carbonyl (C=O) groups is 1. The first-order chi connectivity index (χ1) is 18.8. The number of hydrogen-bond acceptors (Lipinski definition) is 6. The van der Waals surface area contributed by atoms with Gasteiger partial charge in [0, 0.05) is 17.3 Å². The molecular formula is C29H31ClN2O6S. The molecule has 2 aliphatic heterocycles. The minimum Gasteiger partial charge on any atom is -0.389 e. The molecule has 0 saturated carbocycles. The van der Waals surface area contributed by atoms with E-state index in [0.29, 0.717) is 23.6 Å². The van der Waals surface area contributed by atoms with Crippen LogP contribution in [-0.4, -0.2) is 67.8 Å². The van der Waals surface area contributed by atoms with Crippen molar-refractivity contribution in [1.82, 2.24) is 4.31 Å². The summed E-state index contributed by atoms with van der Waals surface area (Å²) in [5, 5.41) is 13.6. The number of sulfonamides is 1. The van der Waals surface area contributed by atoms with Gasteiger partial charge in [-0.15, -0.1) is 0 Å².